The summed E-state index contributed by atoms with van der Waals surface area (Å²) in [5.74, 6) is 5.70. The third-order valence-corrected chi connectivity index (χ3v) is 8.57. The first-order valence-electron chi connectivity index (χ1n) is 13.7. The van der Waals surface area contributed by atoms with Gasteiger partial charge in [-0.15, -0.1) is 22.7 Å². The molecule has 0 radical (unpaired) electrons. The van der Waals surface area contributed by atoms with Crippen LogP contribution >= 0.6 is 34.3 Å². The fourth-order valence-electron chi connectivity index (χ4n) is 4.59. The van der Waals surface area contributed by atoms with E-state index in [4.69, 9.17) is 21.1 Å². The van der Waals surface area contributed by atoms with Crippen LogP contribution in [-0.4, -0.2) is 46.1 Å². The number of aliphatic hydroxyl groups excluding tert-OH is 1. The van der Waals surface area contributed by atoms with Crippen LogP contribution in [0.3, 0.4) is 0 Å². The van der Waals surface area contributed by atoms with Crippen LogP contribution in [0.2, 0.25) is 5.15 Å². The minimum Gasteiger partial charge on any atom is -0.444 e. The predicted molar refractivity (Wildman–Crippen MR) is 170 cm³/mol. The first-order valence-corrected chi connectivity index (χ1v) is 15.7. The summed E-state index contributed by atoms with van der Waals surface area (Å²) in [5.41, 5.74) is 0.351. The van der Waals surface area contributed by atoms with Crippen molar-refractivity contribution in [3.8, 4) is 11.8 Å². The molecule has 0 aromatic carbocycles. The maximum absolute atomic E-state index is 13.6. The van der Waals surface area contributed by atoms with Crippen LogP contribution < -0.4 is 10.2 Å². The lowest BCUT2D eigenvalue weighted by molar-refractivity contribution is 0.0494. The second-order valence-electron chi connectivity index (χ2n) is 11.9. The molecular weight excluding hydrogens is 594 g/mol. The summed E-state index contributed by atoms with van der Waals surface area (Å²) in [4.78, 5) is 34.4. The Morgan fingerprint density at radius 2 is 1.88 bits per heavy atom. The first kappa shape index (κ1) is 31.8. The quantitative estimate of drug-likeness (QED) is 0.171. The fourth-order valence-corrected chi connectivity index (χ4v) is 6.87. The zero-order chi connectivity index (χ0) is 30.7. The van der Waals surface area contributed by atoms with Gasteiger partial charge in [0.2, 0.25) is 0 Å². The number of thiophene rings is 2. The van der Waals surface area contributed by atoms with Crippen molar-refractivity contribution >= 4 is 62.4 Å². The number of amides is 2. The van der Waals surface area contributed by atoms with Crippen molar-refractivity contribution in [1.29, 1.82) is 0 Å². The van der Waals surface area contributed by atoms with Gasteiger partial charge in [-0.25, -0.2) is 14.6 Å². The second kappa shape index (κ2) is 13.0. The van der Waals surface area contributed by atoms with Crippen molar-refractivity contribution in [2.45, 2.75) is 84.1 Å². The van der Waals surface area contributed by atoms with Crippen molar-refractivity contribution in [3.05, 3.63) is 56.2 Å². The highest BCUT2D eigenvalue weighted by atomic mass is 35.5. The normalized spacial score (nSPS) is 17.0. The SMILES string of the molecule is CC(C)(C)OC(=O)NC1CC=CCC1c1sc2c(N(Cc3cccs3)C(=O)OC(C)(C)C)cc(Cl)nc2c1C#CCO. The van der Waals surface area contributed by atoms with Crippen LogP contribution in [0.4, 0.5) is 15.3 Å². The number of pyridine rings is 1. The molecule has 2 unspecified atom stereocenters. The Kier molecular flexibility index (Phi) is 9.88. The third kappa shape index (κ3) is 8.04. The van der Waals surface area contributed by atoms with E-state index in [2.05, 4.69) is 28.2 Å². The fraction of sp³-hybridized carbons (Fsp3) is 0.452. The molecule has 0 saturated carbocycles. The molecule has 0 fully saturated rings. The van der Waals surface area contributed by atoms with Gasteiger partial charge in [0.05, 0.1) is 22.5 Å². The molecule has 0 saturated heterocycles. The van der Waals surface area contributed by atoms with E-state index in [1.807, 2.05) is 65.1 Å². The lowest BCUT2D eigenvalue weighted by atomic mass is 9.86. The largest absolute Gasteiger partial charge is 0.444 e. The number of carbonyl (C=O) groups excluding carboxylic acids is 2. The standard InChI is InChI=1S/C31H36ClN3O5S2/c1-30(2,3)39-28(37)33-22-14-8-7-12-20(22)26-21(13-9-15-36)25-27(42-26)23(17-24(32)34-25)35(18-19-11-10-16-41-19)29(38)40-31(4,5)6/h7-8,10-11,16-17,20,22,36H,12,14-15,18H2,1-6H3,(H,33,37). The molecule has 4 rings (SSSR count). The van der Waals surface area contributed by atoms with Gasteiger partial charge < -0.3 is 19.9 Å². The summed E-state index contributed by atoms with van der Waals surface area (Å²) in [6.45, 7) is 10.9. The lowest BCUT2D eigenvalue weighted by Crippen LogP contribution is -2.42. The number of hydrogen-bond acceptors (Lipinski definition) is 8. The summed E-state index contributed by atoms with van der Waals surface area (Å²) in [6, 6.07) is 5.30. The maximum Gasteiger partial charge on any atom is 0.415 e. The number of alkyl carbamates (subject to hydrolysis) is 1. The molecule has 11 heteroatoms. The zero-order valence-corrected chi connectivity index (χ0v) is 27.0. The van der Waals surface area contributed by atoms with E-state index >= 15 is 0 Å². The molecule has 8 nitrogen and oxygen atoms in total. The van der Waals surface area contributed by atoms with Gasteiger partial charge in [-0.1, -0.05) is 41.7 Å². The molecule has 3 heterocycles. The van der Waals surface area contributed by atoms with Crippen molar-refractivity contribution in [3.63, 3.8) is 0 Å². The number of ether oxygens (including phenoxy) is 2. The highest BCUT2D eigenvalue weighted by molar-refractivity contribution is 7.20. The van der Waals surface area contributed by atoms with E-state index in [0.29, 0.717) is 34.3 Å². The average molecular weight is 630 g/mol. The minimum absolute atomic E-state index is 0.149. The lowest BCUT2D eigenvalue weighted by Gasteiger charge is -2.30. The molecule has 3 aromatic rings. The highest BCUT2D eigenvalue weighted by Gasteiger charge is 2.33. The smallest absolute Gasteiger partial charge is 0.415 e. The molecule has 3 aromatic heterocycles. The van der Waals surface area contributed by atoms with E-state index in [9.17, 15) is 14.7 Å². The van der Waals surface area contributed by atoms with Crippen molar-refractivity contribution < 1.29 is 24.2 Å². The van der Waals surface area contributed by atoms with E-state index in [1.165, 1.54) is 22.7 Å². The van der Waals surface area contributed by atoms with Crippen molar-refractivity contribution in [1.82, 2.24) is 10.3 Å². The molecule has 2 N–H and O–H groups in total. The summed E-state index contributed by atoms with van der Waals surface area (Å²) in [7, 11) is 0. The Morgan fingerprint density at radius 3 is 2.52 bits per heavy atom. The molecule has 224 valence electrons. The number of aromatic nitrogens is 1. The molecule has 1 aliphatic rings. The zero-order valence-electron chi connectivity index (χ0n) is 24.6. The minimum atomic E-state index is -0.714. The van der Waals surface area contributed by atoms with Gasteiger partial charge in [0.25, 0.3) is 0 Å². The van der Waals surface area contributed by atoms with E-state index in [0.717, 1.165) is 9.75 Å². The molecule has 0 aliphatic heterocycles. The monoisotopic (exact) mass is 629 g/mol. The summed E-state index contributed by atoms with van der Waals surface area (Å²) in [5, 5.41) is 14.8. The summed E-state index contributed by atoms with van der Waals surface area (Å²) < 4.78 is 12.1. The van der Waals surface area contributed by atoms with Gasteiger partial charge in [-0.3, -0.25) is 4.90 Å². The van der Waals surface area contributed by atoms with Gasteiger partial charge in [0.1, 0.15) is 28.5 Å². The summed E-state index contributed by atoms with van der Waals surface area (Å²) in [6.07, 6.45) is 4.37. The Balaban J connectivity index is 1.86. The topological polar surface area (TPSA) is 101 Å². The van der Waals surface area contributed by atoms with Gasteiger partial charge in [0, 0.05) is 27.8 Å². The van der Waals surface area contributed by atoms with Crippen LogP contribution in [0.15, 0.2) is 35.7 Å². The Hall–Kier alpha value is -3.10. The number of anilines is 1. The molecule has 0 bridgehead atoms. The molecule has 2 amide bonds. The Labute approximate surface area is 259 Å². The number of nitrogens with zero attached hydrogens (tertiary/aromatic N) is 2. The predicted octanol–water partition coefficient (Wildman–Crippen LogP) is 7.62. The van der Waals surface area contributed by atoms with E-state index in [1.54, 1.807) is 11.0 Å². The third-order valence-electron chi connectivity index (χ3n) is 6.18. The Bertz CT molecular complexity index is 1520. The van der Waals surface area contributed by atoms with Crippen LogP contribution in [0, 0.1) is 11.8 Å². The molecule has 42 heavy (non-hydrogen) atoms. The highest BCUT2D eigenvalue weighted by Crippen LogP contribution is 2.45. The molecule has 2 atom stereocenters. The van der Waals surface area contributed by atoms with Crippen molar-refractivity contribution in [2.75, 3.05) is 11.5 Å². The van der Waals surface area contributed by atoms with Crippen molar-refractivity contribution in [2.24, 2.45) is 0 Å². The average Bonchev–Trinajstić information content (AvgIpc) is 3.51. The number of allylic oxidation sites excluding steroid dienone is 1. The number of aliphatic hydroxyl groups is 1. The number of nitrogens with one attached hydrogen (secondary N) is 1. The number of fused-ring (bicyclic) bond motifs is 1. The molecule has 0 spiro atoms. The molecular formula is C31H36ClN3O5S2. The molecule has 1 aliphatic carbocycles. The van der Waals surface area contributed by atoms with Crippen LogP contribution in [0.25, 0.3) is 10.2 Å². The van der Waals surface area contributed by atoms with Gasteiger partial charge in [0.15, 0.2) is 0 Å². The first-order chi connectivity index (χ1) is 19.8. The number of rotatable bonds is 5. The number of hydrogen-bond donors (Lipinski definition) is 2. The van der Waals surface area contributed by atoms with Crippen LogP contribution in [0.1, 0.15) is 75.6 Å². The number of carbonyl (C=O) groups is 2. The van der Waals surface area contributed by atoms with Gasteiger partial charge in [-0.05, 0) is 65.8 Å². The second-order valence-corrected chi connectivity index (χ2v) is 14.4. The van der Waals surface area contributed by atoms with Crippen LogP contribution in [0.5, 0.6) is 0 Å². The van der Waals surface area contributed by atoms with E-state index < -0.39 is 23.4 Å². The Morgan fingerprint density at radius 1 is 1.17 bits per heavy atom. The van der Waals surface area contributed by atoms with Gasteiger partial charge in [-0.2, -0.15) is 0 Å². The summed E-state index contributed by atoms with van der Waals surface area (Å²) >= 11 is 9.58. The maximum atomic E-state index is 13.6. The van der Waals surface area contributed by atoms with Gasteiger partial charge >= 0.3 is 12.2 Å². The van der Waals surface area contributed by atoms with E-state index in [-0.39, 0.29) is 30.3 Å². The number of halogens is 1. The van der Waals surface area contributed by atoms with Crippen LogP contribution in [-0.2, 0) is 16.0 Å².